The van der Waals surface area contributed by atoms with E-state index in [1.54, 1.807) is 0 Å². The number of rotatable bonds is 6. The van der Waals surface area contributed by atoms with Gasteiger partial charge in [0.25, 0.3) is 0 Å². The lowest BCUT2D eigenvalue weighted by Crippen LogP contribution is -2.41. The highest BCUT2D eigenvalue weighted by molar-refractivity contribution is 6.33. The van der Waals surface area contributed by atoms with E-state index in [9.17, 15) is 0 Å². The Morgan fingerprint density at radius 2 is 2.07 bits per heavy atom. The zero-order chi connectivity index (χ0) is 19.2. The molecule has 140 valence electrons. The average molecular weight is 380 g/mol. The van der Waals surface area contributed by atoms with Crippen LogP contribution in [-0.4, -0.2) is 24.5 Å². The number of hydrogen-bond acceptors (Lipinski definition) is 3. The fraction of sp³-hybridized carbons (Fsp3) is 0.217. The first-order chi connectivity index (χ1) is 13.1. The number of hydrogen-bond donors (Lipinski definition) is 2. The lowest BCUT2D eigenvalue weighted by molar-refractivity contribution is 0.458. The predicted octanol–water partition coefficient (Wildman–Crippen LogP) is 5.29. The molecule has 0 saturated carbocycles. The van der Waals surface area contributed by atoms with Crippen LogP contribution in [0.25, 0.3) is 5.57 Å². The van der Waals surface area contributed by atoms with Crippen molar-refractivity contribution in [3.05, 3.63) is 95.4 Å². The molecule has 0 amide bonds. The molecule has 2 aromatic rings. The van der Waals surface area contributed by atoms with E-state index in [4.69, 9.17) is 11.6 Å². The summed E-state index contributed by atoms with van der Waals surface area (Å²) in [6.07, 6.45) is 7.18. The van der Waals surface area contributed by atoms with Gasteiger partial charge >= 0.3 is 0 Å². The lowest BCUT2D eigenvalue weighted by atomic mass is 10.0. The Morgan fingerprint density at radius 3 is 2.81 bits per heavy atom. The van der Waals surface area contributed by atoms with Crippen molar-refractivity contribution < 1.29 is 0 Å². The Balaban J connectivity index is 1.82. The number of nitrogens with zero attached hydrogens (tertiary/aromatic N) is 1. The molecule has 1 unspecified atom stereocenters. The maximum absolute atomic E-state index is 6.24. The number of nitrogens with one attached hydrogen (secondary N) is 2. The van der Waals surface area contributed by atoms with E-state index >= 15 is 0 Å². The van der Waals surface area contributed by atoms with Crippen molar-refractivity contribution in [1.29, 1.82) is 0 Å². The molecule has 2 aromatic carbocycles. The van der Waals surface area contributed by atoms with Crippen LogP contribution < -0.4 is 10.6 Å². The standard InChI is InChI=1S/C23H26ClN3/c1-4-17-9-8-10-18(15-17)20(5-2)23-26-19(13-14-27(23)3)16-25-22-12-7-6-11-21(22)24/h5-15,19,25-26H,2,4,16H2,1,3H3/b23-20+. The first-order valence-electron chi connectivity index (χ1n) is 9.24. The summed E-state index contributed by atoms with van der Waals surface area (Å²) in [5, 5.41) is 7.77. The maximum atomic E-state index is 6.24. The van der Waals surface area contributed by atoms with E-state index in [0.29, 0.717) is 0 Å². The zero-order valence-electron chi connectivity index (χ0n) is 15.9. The summed E-state index contributed by atoms with van der Waals surface area (Å²) in [5.74, 6) is 1.05. The number of para-hydroxylation sites is 1. The van der Waals surface area contributed by atoms with Crippen molar-refractivity contribution in [2.24, 2.45) is 0 Å². The van der Waals surface area contributed by atoms with Crippen LogP contribution in [0.5, 0.6) is 0 Å². The highest BCUT2D eigenvalue weighted by Gasteiger charge is 2.18. The van der Waals surface area contributed by atoms with Crippen LogP contribution in [0.4, 0.5) is 5.69 Å². The minimum Gasteiger partial charge on any atom is -0.381 e. The Kier molecular flexibility index (Phi) is 6.25. The van der Waals surface area contributed by atoms with Crippen molar-refractivity contribution >= 4 is 22.9 Å². The number of allylic oxidation sites excluding steroid dienone is 2. The average Bonchev–Trinajstić information content (AvgIpc) is 2.70. The van der Waals surface area contributed by atoms with Gasteiger partial charge in [-0.25, -0.2) is 0 Å². The van der Waals surface area contributed by atoms with E-state index in [0.717, 1.165) is 35.1 Å². The van der Waals surface area contributed by atoms with Crippen LogP contribution in [-0.2, 0) is 6.42 Å². The summed E-state index contributed by atoms with van der Waals surface area (Å²) >= 11 is 6.24. The molecule has 0 radical (unpaired) electrons. The van der Waals surface area contributed by atoms with Gasteiger partial charge in [-0.3, -0.25) is 0 Å². The normalized spacial score (nSPS) is 18.0. The largest absolute Gasteiger partial charge is 0.381 e. The third-order valence-corrected chi connectivity index (χ3v) is 5.04. The van der Waals surface area contributed by atoms with Crippen LogP contribution >= 0.6 is 11.6 Å². The summed E-state index contributed by atoms with van der Waals surface area (Å²) in [6, 6.07) is 16.6. The number of aryl methyl sites for hydroxylation is 1. The second-order valence-electron chi connectivity index (χ2n) is 6.58. The molecule has 1 aliphatic heterocycles. The molecule has 3 rings (SSSR count). The van der Waals surface area contributed by atoms with Gasteiger partial charge in [0.05, 0.1) is 16.8 Å². The predicted molar refractivity (Wildman–Crippen MR) is 117 cm³/mol. The Labute approximate surface area is 167 Å². The van der Waals surface area contributed by atoms with Crippen molar-refractivity contribution in [3.8, 4) is 0 Å². The lowest BCUT2D eigenvalue weighted by Gasteiger charge is -2.32. The minimum absolute atomic E-state index is 0.150. The van der Waals surface area contributed by atoms with Crippen molar-refractivity contribution in [1.82, 2.24) is 10.2 Å². The van der Waals surface area contributed by atoms with Gasteiger partial charge in [-0.2, -0.15) is 0 Å². The molecule has 0 bridgehead atoms. The third-order valence-electron chi connectivity index (χ3n) is 4.71. The van der Waals surface area contributed by atoms with Crippen LogP contribution in [0.1, 0.15) is 18.1 Å². The monoisotopic (exact) mass is 379 g/mol. The second-order valence-corrected chi connectivity index (χ2v) is 6.99. The summed E-state index contributed by atoms with van der Waals surface area (Å²) < 4.78 is 0. The van der Waals surface area contributed by atoms with E-state index in [1.165, 1.54) is 11.1 Å². The molecule has 0 aromatic heterocycles. The molecule has 1 aliphatic rings. The van der Waals surface area contributed by atoms with Crippen molar-refractivity contribution in [2.45, 2.75) is 19.4 Å². The molecule has 0 aliphatic carbocycles. The minimum atomic E-state index is 0.150. The van der Waals surface area contributed by atoms with Gasteiger partial charge in [-0.15, -0.1) is 0 Å². The number of anilines is 1. The van der Waals surface area contributed by atoms with Crippen LogP contribution in [0.3, 0.4) is 0 Å². The van der Waals surface area contributed by atoms with Gasteiger partial charge in [0.15, 0.2) is 0 Å². The van der Waals surface area contributed by atoms with Gasteiger partial charge < -0.3 is 15.5 Å². The van der Waals surface area contributed by atoms with E-state index in [1.807, 2.05) is 37.4 Å². The molecule has 0 saturated heterocycles. The van der Waals surface area contributed by atoms with E-state index in [-0.39, 0.29) is 6.04 Å². The van der Waals surface area contributed by atoms with Gasteiger partial charge in [0.1, 0.15) is 5.82 Å². The van der Waals surface area contributed by atoms with Crippen molar-refractivity contribution in [3.63, 3.8) is 0 Å². The zero-order valence-corrected chi connectivity index (χ0v) is 16.6. The van der Waals surface area contributed by atoms with Crippen molar-refractivity contribution in [2.75, 3.05) is 18.9 Å². The summed E-state index contributed by atoms with van der Waals surface area (Å²) in [4.78, 5) is 2.10. The van der Waals surface area contributed by atoms with Crippen LogP contribution in [0, 0.1) is 0 Å². The highest BCUT2D eigenvalue weighted by Crippen LogP contribution is 2.25. The molecule has 27 heavy (non-hydrogen) atoms. The van der Waals surface area contributed by atoms with E-state index in [2.05, 4.69) is 65.6 Å². The fourth-order valence-electron chi connectivity index (χ4n) is 3.15. The Morgan fingerprint density at radius 1 is 1.26 bits per heavy atom. The third kappa shape index (κ3) is 4.55. The molecule has 4 heteroatoms. The first kappa shape index (κ1) is 19.1. The fourth-order valence-corrected chi connectivity index (χ4v) is 3.36. The summed E-state index contributed by atoms with van der Waals surface area (Å²) in [7, 11) is 2.05. The van der Waals surface area contributed by atoms with Gasteiger partial charge in [0, 0.05) is 25.4 Å². The molecule has 2 N–H and O–H groups in total. The van der Waals surface area contributed by atoms with E-state index < -0.39 is 0 Å². The Hall–Kier alpha value is -2.65. The molecule has 3 nitrogen and oxygen atoms in total. The number of halogens is 1. The van der Waals surface area contributed by atoms with Gasteiger partial charge in [-0.05, 0) is 35.8 Å². The quantitative estimate of drug-likeness (QED) is 0.714. The maximum Gasteiger partial charge on any atom is 0.114 e. The summed E-state index contributed by atoms with van der Waals surface area (Å²) in [6.45, 7) is 6.95. The molecule has 0 fully saturated rings. The topological polar surface area (TPSA) is 27.3 Å². The van der Waals surface area contributed by atoms with Gasteiger partial charge in [-0.1, -0.05) is 67.6 Å². The Bertz CT molecular complexity index is 869. The second kappa shape index (κ2) is 8.83. The highest BCUT2D eigenvalue weighted by atomic mass is 35.5. The molecular formula is C23H26ClN3. The van der Waals surface area contributed by atoms with Crippen LogP contribution in [0.2, 0.25) is 5.02 Å². The smallest absolute Gasteiger partial charge is 0.114 e. The summed E-state index contributed by atoms with van der Waals surface area (Å²) in [5.41, 5.74) is 4.53. The molecule has 1 atom stereocenters. The SMILES string of the molecule is C=C/C(=C1/NC(CNc2ccccc2Cl)C=CN1C)c1cccc(CC)c1. The number of benzene rings is 2. The van der Waals surface area contributed by atoms with Gasteiger partial charge in [0.2, 0.25) is 0 Å². The molecular weight excluding hydrogens is 354 g/mol. The molecule has 1 heterocycles. The first-order valence-corrected chi connectivity index (χ1v) is 9.62. The van der Waals surface area contributed by atoms with Crippen LogP contribution in [0.15, 0.2) is 79.3 Å². The molecule has 0 spiro atoms.